The van der Waals surface area contributed by atoms with Gasteiger partial charge < -0.3 is 0 Å². The summed E-state index contributed by atoms with van der Waals surface area (Å²) < 4.78 is 0. The van der Waals surface area contributed by atoms with Crippen LogP contribution in [-0.2, 0) is 0 Å². The summed E-state index contributed by atoms with van der Waals surface area (Å²) in [6, 6.07) is 0. The van der Waals surface area contributed by atoms with E-state index in [2.05, 4.69) is 62.5 Å². The summed E-state index contributed by atoms with van der Waals surface area (Å²) in [4.78, 5) is 0. The predicted octanol–water partition coefficient (Wildman–Crippen LogP) is 6.00. The summed E-state index contributed by atoms with van der Waals surface area (Å²) in [6.07, 6.45) is 21.8. The molecule has 0 aliphatic heterocycles. The van der Waals surface area contributed by atoms with Gasteiger partial charge in [0.15, 0.2) is 0 Å². The SMILES string of the molecule is CC.CC/C=C(\CCC)C1=CC=CC2C=CC=CC12. The third-order valence-electron chi connectivity index (χ3n) is 3.49. The first-order valence-corrected chi connectivity index (χ1v) is 7.79. The van der Waals surface area contributed by atoms with Crippen molar-refractivity contribution in [3.63, 3.8) is 0 Å². The van der Waals surface area contributed by atoms with Crippen molar-refractivity contribution >= 4 is 0 Å². The van der Waals surface area contributed by atoms with Crippen molar-refractivity contribution in [3.05, 3.63) is 59.8 Å². The Labute approximate surface area is 119 Å². The van der Waals surface area contributed by atoms with Gasteiger partial charge in [-0.1, -0.05) is 82.7 Å². The number of fused-ring (bicyclic) bond motifs is 1. The van der Waals surface area contributed by atoms with E-state index < -0.39 is 0 Å². The second-order valence-electron chi connectivity index (χ2n) is 4.77. The summed E-state index contributed by atoms with van der Waals surface area (Å²) in [7, 11) is 0. The lowest BCUT2D eigenvalue weighted by molar-refractivity contribution is 0.621. The van der Waals surface area contributed by atoms with Crippen molar-refractivity contribution in [3.8, 4) is 0 Å². The van der Waals surface area contributed by atoms with Gasteiger partial charge in [-0.3, -0.25) is 0 Å². The van der Waals surface area contributed by atoms with Gasteiger partial charge in [-0.15, -0.1) is 0 Å². The fourth-order valence-electron chi connectivity index (χ4n) is 2.72. The minimum absolute atomic E-state index is 0.564. The van der Waals surface area contributed by atoms with Crippen LogP contribution in [0, 0.1) is 11.8 Å². The highest BCUT2D eigenvalue weighted by Gasteiger charge is 2.23. The molecule has 2 aliphatic rings. The second-order valence-corrected chi connectivity index (χ2v) is 4.77. The Balaban J connectivity index is 0.000000861. The Bertz CT molecular complexity index is 402. The summed E-state index contributed by atoms with van der Waals surface area (Å²) in [6.45, 7) is 8.49. The fraction of sp³-hybridized carbons (Fsp3) is 0.474. The number of hydrogen-bond donors (Lipinski definition) is 0. The maximum absolute atomic E-state index is 2.40. The van der Waals surface area contributed by atoms with Crippen LogP contribution in [0.5, 0.6) is 0 Å². The van der Waals surface area contributed by atoms with Crippen molar-refractivity contribution in [1.82, 2.24) is 0 Å². The van der Waals surface area contributed by atoms with E-state index in [9.17, 15) is 0 Å². The molecule has 0 aromatic rings. The molecule has 19 heavy (non-hydrogen) atoms. The van der Waals surface area contributed by atoms with E-state index in [1.165, 1.54) is 18.4 Å². The third-order valence-corrected chi connectivity index (χ3v) is 3.49. The third kappa shape index (κ3) is 4.09. The monoisotopic (exact) mass is 256 g/mol. The van der Waals surface area contributed by atoms with Crippen LogP contribution in [0.25, 0.3) is 0 Å². The second kappa shape index (κ2) is 8.74. The van der Waals surface area contributed by atoms with Crippen molar-refractivity contribution in [2.45, 2.75) is 47.0 Å². The number of rotatable bonds is 4. The number of allylic oxidation sites excluding steroid dienone is 10. The van der Waals surface area contributed by atoms with Crippen LogP contribution in [0.2, 0.25) is 0 Å². The maximum Gasteiger partial charge on any atom is 0.0121 e. The van der Waals surface area contributed by atoms with Gasteiger partial charge in [0, 0.05) is 11.8 Å². The Morgan fingerprint density at radius 2 is 1.74 bits per heavy atom. The number of hydrogen-bond acceptors (Lipinski definition) is 0. The molecule has 0 saturated carbocycles. The van der Waals surface area contributed by atoms with Gasteiger partial charge in [0.1, 0.15) is 0 Å². The Hall–Kier alpha value is -1.30. The summed E-state index contributed by atoms with van der Waals surface area (Å²) in [5.74, 6) is 1.13. The van der Waals surface area contributed by atoms with Crippen LogP contribution in [0.1, 0.15) is 47.0 Å². The topological polar surface area (TPSA) is 0 Å². The normalized spacial score (nSPS) is 24.4. The molecule has 2 atom stereocenters. The van der Waals surface area contributed by atoms with Gasteiger partial charge in [-0.05, 0) is 24.0 Å². The summed E-state index contributed by atoms with van der Waals surface area (Å²) in [5, 5.41) is 0. The Morgan fingerprint density at radius 1 is 1.05 bits per heavy atom. The molecule has 2 rings (SSSR count). The molecule has 2 aliphatic carbocycles. The zero-order valence-corrected chi connectivity index (χ0v) is 12.9. The lowest BCUT2D eigenvalue weighted by Gasteiger charge is -2.28. The van der Waals surface area contributed by atoms with E-state index in [0.29, 0.717) is 11.8 Å². The van der Waals surface area contributed by atoms with Gasteiger partial charge in [0.2, 0.25) is 0 Å². The molecule has 0 aromatic carbocycles. The summed E-state index contributed by atoms with van der Waals surface area (Å²) >= 11 is 0. The van der Waals surface area contributed by atoms with E-state index in [1.807, 2.05) is 13.8 Å². The van der Waals surface area contributed by atoms with Gasteiger partial charge in [0.05, 0.1) is 0 Å². The molecule has 0 heterocycles. The average molecular weight is 256 g/mol. The summed E-state index contributed by atoms with van der Waals surface area (Å²) in [5.41, 5.74) is 3.08. The highest BCUT2D eigenvalue weighted by atomic mass is 14.3. The quantitative estimate of drug-likeness (QED) is 0.578. The van der Waals surface area contributed by atoms with E-state index in [4.69, 9.17) is 0 Å². The lowest BCUT2D eigenvalue weighted by Crippen LogP contribution is -2.17. The van der Waals surface area contributed by atoms with Gasteiger partial charge in [-0.2, -0.15) is 0 Å². The molecule has 0 aromatic heterocycles. The average Bonchev–Trinajstić information content (AvgIpc) is 2.48. The zero-order chi connectivity index (χ0) is 14.1. The molecule has 0 saturated heterocycles. The molecule has 0 radical (unpaired) electrons. The first kappa shape index (κ1) is 15.8. The van der Waals surface area contributed by atoms with Crippen LogP contribution in [-0.4, -0.2) is 0 Å². The maximum atomic E-state index is 2.40. The van der Waals surface area contributed by atoms with Gasteiger partial charge >= 0.3 is 0 Å². The molecular formula is C19H28. The smallest absolute Gasteiger partial charge is 0.0121 e. The minimum Gasteiger partial charge on any atom is -0.0813 e. The fourth-order valence-corrected chi connectivity index (χ4v) is 2.72. The molecule has 0 amide bonds. The Kier molecular flexibility index (Phi) is 7.25. The van der Waals surface area contributed by atoms with E-state index in [1.54, 1.807) is 5.57 Å². The van der Waals surface area contributed by atoms with Crippen molar-refractivity contribution in [2.75, 3.05) is 0 Å². The molecule has 0 spiro atoms. The molecule has 0 bridgehead atoms. The highest BCUT2D eigenvalue weighted by Crippen LogP contribution is 2.36. The first-order valence-electron chi connectivity index (χ1n) is 7.79. The largest absolute Gasteiger partial charge is 0.0813 e. The van der Waals surface area contributed by atoms with Crippen LogP contribution in [0.15, 0.2) is 59.8 Å². The van der Waals surface area contributed by atoms with Crippen molar-refractivity contribution in [2.24, 2.45) is 11.8 Å². The van der Waals surface area contributed by atoms with Crippen molar-refractivity contribution in [1.29, 1.82) is 0 Å². The van der Waals surface area contributed by atoms with Gasteiger partial charge in [0.25, 0.3) is 0 Å². The molecule has 0 heteroatoms. The van der Waals surface area contributed by atoms with Crippen molar-refractivity contribution < 1.29 is 0 Å². The molecule has 0 fully saturated rings. The highest BCUT2D eigenvalue weighted by molar-refractivity contribution is 5.44. The minimum atomic E-state index is 0.564. The van der Waals surface area contributed by atoms with E-state index in [-0.39, 0.29) is 0 Å². The van der Waals surface area contributed by atoms with E-state index in [0.717, 1.165) is 6.42 Å². The van der Waals surface area contributed by atoms with Crippen LogP contribution in [0.3, 0.4) is 0 Å². The van der Waals surface area contributed by atoms with E-state index >= 15 is 0 Å². The molecule has 2 unspecified atom stereocenters. The lowest BCUT2D eigenvalue weighted by atomic mass is 9.76. The molecule has 104 valence electrons. The van der Waals surface area contributed by atoms with Crippen LogP contribution >= 0.6 is 0 Å². The Morgan fingerprint density at radius 3 is 2.42 bits per heavy atom. The van der Waals surface area contributed by atoms with Gasteiger partial charge in [-0.25, -0.2) is 0 Å². The molecule has 0 nitrogen and oxygen atoms in total. The van der Waals surface area contributed by atoms with Crippen LogP contribution in [0.4, 0.5) is 0 Å². The zero-order valence-electron chi connectivity index (χ0n) is 12.9. The molecular weight excluding hydrogens is 228 g/mol. The van der Waals surface area contributed by atoms with Crippen LogP contribution < -0.4 is 0 Å². The molecule has 0 N–H and O–H groups in total. The standard InChI is InChI=1S/C17H22.C2H6/c1-3-8-14(9-4-2)17-13-7-11-15-10-5-6-12-16(15)17;1-2/h5-8,10-13,15-16H,3-4,9H2,1-2H3;1-2H3/b14-8+;. The predicted molar refractivity (Wildman–Crippen MR) is 87.1 cm³/mol. The first-order chi connectivity index (χ1) is 9.36.